The van der Waals surface area contributed by atoms with Gasteiger partial charge in [-0.2, -0.15) is 0 Å². The van der Waals surface area contributed by atoms with Crippen molar-refractivity contribution in [3.63, 3.8) is 0 Å². The van der Waals surface area contributed by atoms with Gasteiger partial charge in [-0.15, -0.1) is 11.3 Å². The first kappa shape index (κ1) is 15.4. The van der Waals surface area contributed by atoms with Crippen LogP contribution in [0.4, 0.5) is 0 Å². The standard InChI is InChI=1S/C17H29N3S/c1-4-7-18-17(10-14-11-21-12(2)19-14)13-8-15-5-6-16(9-13)20(15)3/h11,13,15-18H,4-10H2,1-3H3. The van der Waals surface area contributed by atoms with E-state index in [4.69, 9.17) is 4.98 Å². The number of thiazole rings is 1. The maximum atomic E-state index is 4.69. The van der Waals surface area contributed by atoms with E-state index in [-0.39, 0.29) is 0 Å². The number of nitrogens with zero attached hydrogens (tertiary/aromatic N) is 2. The van der Waals surface area contributed by atoms with Crippen LogP contribution in [0.5, 0.6) is 0 Å². The quantitative estimate of drug-likeness (QED) is 0.874. The average Bonchev–Trinajstić information content (AvgIpc) is 2.94. The summed E-state index contributed by atoms with van der Waals surface area (Å²) in [6.45, 7) is 5.50. The summed E-state index contributed by atoms with van der Waals surface area (Å²) in [6.07, 6.45) is 7.89. The molecule has 0 saturated carbocycles. The summed E-state index contributed by atoms with van der Waals surface area (Å²) in [5.41, 5.74) is 1.29. The lowest BCUT2D eigenvalue weighted by molar-refractivity contribution is 0.112. The molecule has 2 aliphatic rings. The highest BCUT2D eigenvalue weighted by atomic mass is 32.1. The molecule has 3 heterocycles. The SMILES string of the molecule is CCCNC(Cc1csc(C)n1)C1CC2CCC(C1)N2C. The highest BCUT2D eigenvalue weighted by Crippen LogP contribution is 2.39. The van der Waals surface area contributed by atoms with Crippen molar-refractivity contribution in [2.45, 2.75) is 70.5 Å². The Morgan fingerprint density at radius 3 is 2.67 bits per heavy atom. The van der Waals surface area contributed by atoms with Crippen molar-refractivity contribution in [2.24, 2.45) is 5.92 Å². The number of aryl methyl sites for hydroxylation is 1. The molecule has 1 aromatic rings. The van der Waals surface area contributed by atoms with Gasteiger partial charge in [0.05, 0.1) is 10.7 Å². The van der Waals surface area contributed by atoms with Crippen LogP contribution >= 0.6 is 11.3 Å². The molecule has 3 rings (SSSR count). The monoisotopic (exact) mass is 307 g/mol. The van der Waals surface area contributed by atoms with Gasteiger partial charge in [0.2, 0.25) is 0 Å². The van der Waals surface area contributed by atoms with Crippen molar-refractivity contribution >= 4 is 11.3 Å². The molecule has 2 aliphatic heterocycles. The third-order valence-corrected chi connectivity index (χ3v) is 6.28. The third kappa shape index (κ3) is 3.49. The molecule has 118 valence electrons. The summed E-state index contributed by atoms with van der Waals surface area (Å²) in [5.74, 6) is 0.826. The molecule has 0 spiro atoms. The molecule has 4 heteroatoms. The molecule has 3 unspecified atom stereocenters. The molecule has 3 atom stereocenters. The van der Waals surface area contributed by atoms with Gasteiger partial charge in [0.15, 0.2) is 0 Å². The average molecular weight is 308 g/mol. The van der Waals surface area contributed by atoms with Gasteiger partial charge in [-0.25, -0.2) is 4.98 Å². The fourth-order valence-electron chi connectivity index (χ4n) is 4.24. The second-order valence-corrected chi connectivity index (χ2v) is 7.97. The molecule has 21 heavy (non-hydrogen) atoms. The molecule has 2 bridgehead atoms. The van der Waals surface area contributed by atoms with Crippen LogP contribution in [-0.4, -0.2) is 41.6 Å². The molecular weight excluding hydrogens is 278 g/mol. The molecule has 1 aromatic heterocycles. The number of aromatic nitrogens is 1. The Labute approximate surface area is 133 Å². The maximum absolute atomic E-state index is 4.69. The number of hydrogen-bond acceptors (Lipinski definition) is 4. The first-order valence-electron chi connectivity index (χ1n) is 8.53. The fourth-order valence-corrected chi connectivity index (χ4v) is 4.87. The minimum Gasteiger partial charge on any atom is -0.313 e. The van der Waals surface area contributed by atoms with Crippen molar-refractivity contribution in [3.05, 3.63) is 16.1 Å². The summed E-state index contributed by atoms with van der Waals surface area (Å²) in [7, 11) is 2.33. The van der Waals surface area contributed by atoms with Crippen molar-refractivity contribution < 1.29 is 0 Å². The molecule has 0 aromatic carbocycles. The van der Waals surface area contributed by atoms with Gasteiger partial charge in [-0.05, 0) is 58.5 Å². The Bertz CT molecular complexity index is 445. The van der Waals surface area contributed by atoms with Gasteiger partial charge in [0.25, 0.3) is 0 Å². The van der Waals surface area contributed by atoms with E-state index in [0.29, 0.717) is 6.04 Å². The van der Waals surface area contributed by atoms with Crippen molar-refractivity contribution in [1.82, 2.24) is 15.2 Å². The minimum absolute atomic E-state index is 0.614. The van der Waals surface area contributed by atoms with Crippen LogP contribution in [0.25, 0.3) is 0 Å². The molecular formula is C17H29N3S. The van der Waals surface area contributed by atoms with Crippen molar-refractivity contribution in [3.8, 4) is 0 Å². The molecule has 1 N–H and O–H groups in total. The van der Waals surface area contributed by atoms with Gasteiger partial charge in [0, 0.05) is 29.9 Å². The van der Waals surface area contributed by atoms with Crippen molar-refractivity contribution in [1.29, 1.82) is 0 Å². The highest BCUT2D eigenvalue weighted by molar-refractivity contribution is 7.09. The zero-order valence-electron chi connectivity index (χ0n) is 13.6. The Hall–Kier alpha value is -0.450. The number of rotatable bonds is 6. The van der Waals surface area contributed by atoms with Crippen LogP contribution in [0.15, 0.2) is 5.38 Å². The predicted octanol–water partition coefficient (Wildman–Crippen LogP) is 3.24. The predicted molar refractivity (Wildman–Crippen MR) is 89.9 cm³/mol. The molecule has 0 aliphatic carbocycles. The van der Waals surface area contributed by atoms with Gasteiger partial charge in [-0.1, -0.05) is 6.92 Å². The normalized spacial score (nSPS) is 30.7. The number of nitrogens with one attached hydrogen (secondary N) is 1. The lowest BCUT2D eigenvalue weighted by Crippen LogP contribution is -2.48. The lowest BCUT2D eigenvalue weighted by atomic mass is 9.83. The van der Waals surface area contributed by atoms with E-state index >= 15 is 0 Å². The van der Waals surface area contributed by atoms with Crippen LogP contribution in [0.1, 0.15) is 49.7 Å². The Balaban J connectivity index is 1.67. The Kier molecular flexibility index (Phi) is 4.97. The number of piperidine rings is 1. The van der Waals surface area contributed by atoms with E-state index in [1.54, 1.807) is 11.3 Å². The zero-order valence-corrected chi connectivity index (χ0v) is 14.5. The third-order valence-electron chi connectivity index (χ3n) is 5.46. The van der Waals surface area contributed by atoms with Crippen LogP contribution < -0.4 is 5.32 Å². The summed E-state index contributed by atoms with van der Waals surface area (Å²) in [4.78, 5) is 7.33. The van der Waals surface area contributed by atoms with E-state index < -0.39 is 0 Å². The van der Waals surface area contributed by atoms with Gasteiger partial charge >= 0.3 is 0 Å². The van der Waals surface area contributed by atoms with E-state index in [2.05, 4.69) is 36.5 Å². The summed E-state index contributed by atoms with van der Waals surface area (Å²) in [5, 5.41) is 7.27. The summed E-state index contributed by atoms with van der Waals surface area (Å²) < 4.78 is 0. The molecule has 2 fully saturated rings. The summed E-state index contributed by atoms with van der Waals surface area (Å²) >= 11 is 1.78. The maximum Gasteiger partial charge on any atom is 0.0897 e. The van der Waals surface area contributed by atoms with E-state index in [1.807, 2.05) is 0 Å². The van der Waals surface area contributed by atoms with Crippen molar-refractivity contribution in [2.75, 3.05) is 13.6 Å². The first-order valence-corrected chi connectivity index (χ1v) is 9.41. The van der Waals surface area contributed by atoms with Crippen LogP contribution in [0.2, 0.25) is 0 Å². The van der Waals surface area contributed by atoms with Gasteiger partial charge < -0.3 is 10.2 Å². The van der Waals surface area contributed by atoms with Gasteiger partial charge in [0.1, 0.15) is 0 Å². The fraction of sp³-hybridized carbons (Fsp3) is 0.824. The molecule has 0 amide bonds. The second kappa shape index (κ2) is 6.76. The first-order chi connectivity index (χ1) is 10.2. The Morgan fingerprint density at radius 1 is 1.38 bits per heavy atom. The number of fused-ring (bicyclic) bond motifs is 2. The van der Waals surface area contributed by atoms with Gasteiger partial charge in [-0.3, -0.25) is 0 Å². The van der Waals surface area contributed by atoms with Crippen LogP contribution in [0.3, 0.4) is 0 Å². The second-order valence-electron chi connectivity index (χ2n) is 6.90. The minimum atomic E-state index is 0.614. The molecule has 0 radical (unpaired) electrons. The smallest absolute Gasteiger partial charge is 0.0897 e. The zero-order chi connectivity index (χ0) is 14.8. The topological polar surface area (TPSA) is 28.2 Å². The van der Waals surface area contributed by atoms with E-state index in [9.17, 15) is 0 Å². The van der Waals surface area contributed by atoms with Crippen LogP contribution in [0, 0.1) is 12.8 Å². The lowest BCUT2D eigenvalue weighted by Gasteiger charge is -2.40. The largest absolute Gasteiger partial charge is 0.313 e. The van der Waals surface area contributed by atoms with E-state index in [0.717, 1.165) is 31.0 Å². The molecule has 2 saturated heterocycles. The highest BCUT2D eigenvalue weighted by Gasteiger charge is 2.40. The van der Waals surface area contributed by atoms with E-state index in [1.165, 1.54) is 42.8 Å². The van der Waals surface area contributed by atoms with Crippen LogP contribution in [-0.2, 0) is 6.42 Å². The summed E-state index contributed by atoms with van der Waals surface area (Å²) in [6, 6.07) is 2.27. The molecule has 3 nitrogen and oxygen atoms in total. The number of hydrogen-bond donors (Lipinski definition) is 1. The Morgan fingerprint density at radius 2 is 2.10 bits per heavy atom.